The number of rotatable bonds is 3. The summed E-state index contributed by atoms with van der Waals surface area (Å²) in [6, 6.07) is 8.89. The zero-order chi connectivity index (χ0) is 15.4. The number of fused-ring (bicyclic) bond motifs is 5. The lowest BCUT2D eigenvalue weighted by atomic mass is 9.99. The van der Waals surface area contributed by atoms with Crippen LogP contribution in [0.15, 0.2) is 40.8 Å². The van der Waals surface area contributed by atoms with Crippen molar-refractivity contribution in [2.24, 2.45) is 0 Å². The first-order valence-electron chi connectivity index (χ1n) is 6.70. The van der Waals surface area contributed by atoms with Gasteiger partial charge in [-0.2, -0.15) is 0 Å². The molecule has 0 atom stereocenters. The van der Waals surface area contributed by atoms with Gasteiger partial charge in [0.15, 0.2) is 0 Å². The van der Waals surface area contributed by atoms with Crippen molar-refractivity contribution in [2.45, 2.75) is 6.42 Å². The SMILES string of the molecule is O=C(O)/C=C(/C(=O)O)c1cccc2oc3ccc4c(c3c12)C4. The first kappa shape index (κ1) is 12.6. The Morgan fingerprint density at radius 3 is 2.55 bits per heavy atom. The van der Waals surface area contributed by atoms with Gasteiger partial charge in [0.25, 0.3) is 0 Å². The molecule has 5 nitrogen and oxygen atoms in total. The third-order valence-corrected chi connectivity index (χ3v) is 3.90. The van der Waals surface area contributed by atoms with E-state index in [0.29, 0.717) is 22.1 Å². The quantitative estimate of drug-likeness (QED) is 0.567. The Morgan fingerprint density at radius 1 is 1.05 bits per heavy atom. The highest BCUT2D eigenvalue weighted by Gasteiger charge is 2.26. The molecular formula is C17H10O5. The molecule has 0 saturated heterocycles. The van der Waals surface area contributed by atoms with E-state index in [1.807, 2.05) is 12.1 Å². The molecule has 0 bridgehead atoms. The van der Waals surface area contributed by atoms with Crippen molar-refractivity contribution in [3.05, 3.63) is 53.1 Å². The van der Waals surface area contributed by atoms with E-state index in [4.69, 9.17) is 9.52 Å². The van der Waals surface area contributed by atoms with Crippen LogP contribution in [-0.2, 0) is 16.0 Å². The lowest BCUT2D eigenvalue weighted by Crippen LogP contribution is -2.03. The van der Waals surface area contributed by atoms with Crippen LogP contribution in [0, 0.1) is 0 Å². The third-order valence-electron chi connectivity index (χ3n) is 3.90. The van der Waals surface area contributed by atoms with Crippen LogP contribution in [0.2, 0.25) is 0 Å². The maximum atomic E-state index is 11.5. The molecule has 108 valence electrons. The minimum atomic E-state index is -1.29. The zero-order valence-electron chi connectivity index (χ0n) is 11.3. The topological polar surface area (TPSA) is 87.7 Å². The van der Waals surface area contributed by atoms with Gasteiger partial charge in [0, 0.05) is 22.4 Å². The highest BCUT2D eigenvalue weighted by atomic mass is 16.4. The molecule has 0 amide bonds. The van der Waals surface area contributed by atoms with Crippen molar-refractivity contribution < 1.29 is 24.2 Å². The molecule has 1 heterocycles. The average Bonchev–Trinajstić information content (AvgIpc) is 3.16. The van der Waals surface area contributed by atoms with Gasteiger partial charge in [0.2, 0.25) is 0 Å². The maximum absolute atomic E-state index is 11.5. The average molecular weight is 294 g/mol. The zero-order valence-corrected chi connectivity index (χ0v) is 11.3. The fourth-order valence-corrected chi connectivity index (χ4v) is 2.92. The molecule has 5 heteroatoms. The summed E-state index contributed by atoms with van der Waals surface area (Å²) in [6.45, 7) is 0. The molecule has 0 radical (unpaired) electrons. The molecule has 0 aliphatic heterocycles. The molecule has 1 aliphatic carbocycles. The number of carboxylic acid groups (broad SMARTS) is 2. The van der Waals surface area contributed by atoms with E-state index < -0.39 is 11.9 Å². The highest BCUT2D eigenvalue weighted by Crippen LogP contribution is 2.43. The van der Waals surface area contributed by atoms with Gasteiger partial charge >= 0.3 is 11.9 Å². The van der Waals surface area contributed by atoms with E-state index in [0.717, 1.165) is 23.4 Å². The second kappa shape index (κ2) is 4.21. The predicted molar refractivity (Wildman–Crippen MR) is 79.8 cm³/mol. The summed E-state index contributed by atoms with van der Waals surface area (Å²) in [7, 11) is 0. The second-order valence-corrected chi connectivity index (χ2v) is 5.24. The number of hydrogen-bond acceptors (Lipinski definition) is 3. The lowest BCUT2D eigenvalue weighted by molar-refractivity contribution is -0.133. The standard InChI is InChI=1S/C17H10O5/c18-14(19)7-11(17(20)21)9-2-1-3-12-15(9)16-10-6-8(10)4-5-13(16)22-12/h1-5,7H,6H2,(H,18,19)(H,20,21)/b11-7+. The molecule has 22 heavy (non-hydrogen) atoms. The van der Waals surface area contributed by atoms with E-state index in [9.17, 15) is 14.7 Å². The Bertz CT molecular complexity index is 1010. The van der Waals surface area contributed by atoms with Gasteiger partial charge in [0.1, 0.15) is 11.2 Å². The summed E-state index contributed by atoms with van der Waals surface area (Å²) in [6.07, 6.45) is 1.58. The number of carbonyl (C=O) groups is 2. The fraction of sp³-hybridized carbons (Fsp3) is 0.0588. The van der Waals surface area contributed by atoms with E-state index in [1.54, 1.807) is 18.2 Å². The van der Waals surface area contributed by atoms with E-state index in [-0.39, 0.29) is 5.57 Å². The minimum absolute atomic E-state index is 0.251. The van der Waals surface area contributed by atoms with Gasteiger partial charge < -0.3 is 14.6 Å². The van der Waals surface area contributed by atoms with Crippen LogP contribution >= 0.6 is 0 Å². The maximum Gasteiger partial charge on any atom is 0.336 e. The Balaban J connectivity index is 2.13. The molecule has 4 rings (SSSR count). The molecule has 1 aliphatic rings. The lowest BCUT2D eigenvalue weighted by Gasteiger charge is -2.03. The van der Waals surface area contributed by atoms with Gasteiger partial charge in [-0.15, -0.1) is 0 Å². The number of aliphatic carboxylic acids is 2. The van der Waals surface area contributed by atoms with Crippen LogP contribution in [0.4, 0.5) is 0 Å². The van der Waals surface area contributed by atoms with Crippen molar-refractivity contribution in [1.82, 2.24) is 0 Å². The number of hydrogen-bond donors (Lipinski definition) is 2. The Hall–Kier alpha value is -3.08. The molecular weight excluding hydrogens is 284 g/mol. The number of furan rings is 1. The van der Waals surface area contributed by atoms with Crippen molar-refractivity contribution >= 4 is 39.5 Å². The van der Waals surface area contributed by atoms with Crippen molar-refractivity contribution in [3.63, 3.8) is 0 Å². The summed E-state index contributed by atoms with van der Waals surface area (Å²) in [5.74, 6) is -2.57. The largest absolute Gasteiger partial charge is 0.478 e. The summed E-state index contributed by atoms with van der Waals surface area (Å²) in [5.41, 5.74) is 3.72. The summed E-state index contributed by atoms with van der Waals surface area (Å²) in [4.78, 5) is 22.4. The summed E-state index contributed by atoms with van der Waals surface area (Å²) < 4.78 is 5.77. The monoisotopic (exact) mass is 294 g/mol. The first-order chi connectivity index (χ1) is 10.6. The molecule has 1 aromatic heterocycles. The second-order valence-electron chi connectivity index (χ2n) is 5.24. The molecule has 3 aromatic rings. The highest BCUT2D eigenvalue weighted by molar-refractivity contribution is 6.25. The van der Waals surface area contributed by atoms with Crippen LogP contribution in [0.5, 0.6) is 0 Å². The molecule has 2 aromatic carbocycles. The van der Waals surface area contributed by atoms with Crippen molar-refractivity contribution in [1.29, 1.82) is 0 Å². The fourth-order valence-electron chi connectivity index (χ4n) is 2.92. The van der Waals surface area contributed by atoms with Gasteiger partial charge in [0.05, 0.1) is 5.57 Å². The van der Waals surface area contributed by atoms with Crippen LogP contribution in [-0.4, -0.2) is 22.2 Å². The van der Waals surface area contributed by atoms with Gasteiger partial charge in [-0.05, 0) is 29.7 Å². The summed E-state index contributed by atoms with van der Waals surface area (Å²) in [5, 5.41) is 19.9. The smallest absolute Gasteiger partial charge is 0.336 e. The minimum Gasteiger partial charge on any atom is -0.478 e. The Morgan fingerprint density at radius 2 is 1.82 bits per heavy atom. The molecule has 0 spiro atoms. The molecule has 0 fully saturated rings. The first-order valence-corrected chi connectivity index (χ1v) is 6.70. The van der Waals surface area contributed by atoms with E-state index in [1.165, 1.54) is 5.56 Å². The van der Waals surface area contributed by atoms with E-state index >= 15 is 0 Å². The van der Waals surface area contributed by atoms with Crippen LogP contribution in [0.1, 0.15) is 16.7 Å². The number of carboxylic acids is 2. The van der Waals surface area contributed by atoms with E-state index in [2.05, 4.69) is 0 Å². The molecule has 2 N–H and O–H groups in total. The van der Waals surface area contributed by atoms with Gasteiger partial charge in [-0.1, -0.05) is 18.2 Å². The Labute approximate surface area is 124 Å². The van der Waals surface area contributed by atoms with Crippen LogP contribution in [0.3, 0.4) is 0 Å². The molecule has 0 saturated carbocycles. The third kappa shape index (κ3) is 1.72. The van der Waals surface area contributed by atoms with Gasteiger partial charge in [-0.3, -0.25) is 0 Å². The normalized spacial score (nSPS) is 13.4. The number of benzene rings is 2. The summed E-state index contributed by atoms with van der Waals surface area (Å²) >= 11 is 0. The van der Waals surface area contributed by atoms with Gasteiger partial charge in [-0.25, -0.2) is 9.59 Å². The predicted octanol–water partition coefficient (Wildman–Crippen LogP) is 3.04. The Kier molecular flexibility index (Phi) is 2.42. The van der Waals surface area contributed by atoms with Crippen molar-refractivity contribution in [3.8, 4) is 0 Å². The molecule has 0 unspecified atom stereocenters. The van der Waals surface area contributed by atoms with Crippen molar-refractivity contribution in [2.75, 3.05) is 0 Å². The van der Waals surface area contributed by atoms with Crippen LogP contribution in [0.25, 0.3) is 27.5 Å². The van der Waals surface area contributed by atoms with Crippen LogP contribution < -0.4 is 0 Å².